The van der Waals surface area contributed by atoms with Gasteiger partial charge in [0.1, 0.15) is 0 Å². The number of carbonyl (C=O) groups is 1. The maximum atomic E-state index is 13.5. The number of thioether (sulfide) groups is 1. The van der Waals surface area contributed by atoms with Crippen LogP contribution in [0.4, 0.5) is 0 Å². The molecule has 2 heterocycles. The lowest BCUT2D eigenvalue weighted by Crippen LogP contribution is -2.41. The van der Waals surface area contributed by atoms with Gasteiger partial charge in [-0.25, -0.2) is 0 Å². The van der Waals surface area contributed by atoms with Gasteiger partial charge in [0.15, 0.2) is 5.17 Å². The van der Waals surface area contributed by atoms with Gasteiger partial charge >= 0.3 is 0 Å². The minimum absolute atomic E-state index is 0.192. The molecule has 3 saturated carbocycles. The quantitative estimate of drug-likeness (QED) is 0.477. The molecule has 5 rings (SSSR count). The van der Waals surface area contributed by atoms with Crippen LogP contribution < -0.4 is 0 Å². The minimum Gasteiger partial charge on any atom is -0.351 e. The third-order valence-corrected chi connectivity index (χ3v) is 8.67. The third-order valence-electron chi connectivity index (χ3n) is 7.68. The van der Waals surface area contributed by atoms with Gasteiger partial charge in [-0.2, -0.15) is 0 Å². The van der Waals surface area contributed by atoms with Crippen molar-refractivity contribution in [2.75, 3.05) is 0 Å². The Kier molecular flexibility index (Phi) is 6.87. The molecule has 4 nitrogen and oxygen atoms in total. The summed E-state index contributed by atoms with van der Waals surface area (Å²) in [6, 6.07) is 3.56. The lowest BCUT2D eigenvalue weighted by molar-refractivity contribution is -0.124. The van der Waals surface area contributed by atoms with E-state index >= 15 is 0 Å². The van der Waals surface area contributed by atoms with E-state index < -0.39 is 0 Å². The molecular formula is C26H37N3OS. The Balaban J connectivity index is 1.37. The van der Waals surface area contributed by atoms with Crippen LogP contribution in [0.25, 0.3) is 6.08 Å². The van der Waals surface area contributed by atoms with E-state index in [1.807, 2.05) is 0 Å². The van der Waals surface area contributed by atoms with Crippen molar-refractivity contribution in [1.82, 2.24) is 9.47 Å². The number of hydrogen-bond acceptors (Lipinski definition) is 3. The van der Waals surface area contributed by atoms with Gasteiger partial charge in [-0.1, -0.05) is 57.8 Å². The number of aromatic nitrogens is 1. The normalized spacial score (nSPS) is 27.6. The highest BCUT2D eigenvalue weighted by molar-refractivity contribution is 8.18. The predicted octanol–water partition coefficient (Wildman–Crippen LogP) is 6.93. The van der Waals surface area contributed by atoms with Crippen molar-refractivity contribution in [1.29, 1.82) is 0 Å². The summed E-state index contributed by atoms with van der Waals surface area (Å²) in [5.41, 5.74) is 1.16. The summed E-state index contributed by atoms with van der Waals surface area (Å²) < 4.78 is 2.38. The van der Waals surface area contributed by atoms with Gasteiger partial charge in [0.25, 0.3) is 5.91 Å². The Labute approximate surface area is 191 Å². The zero-order chi connectivity index (χ0) is 21.0. The molecule has 1 aliphatic heterocycles. The van der Waals surface area contributed by atoms with Crippen molar-refractivity contribution in [3.05, 3.63) is 28.9 Å². The number of carbonyl (C=O) groups excluding carboxylic acids is 1. The Morgan fingerprint density at radius 3 is 2.13 bits per heavy atom. The monoisotopic (exact) mass is 439 g/mol. The molecule has 1 saturated heterocycles. The molecule has 0 bridgehead atoms. The van der Waals surface area contributed by atoms with Gasteiger partial charge in [-0.15, -0.1) is 0 Å². The Morgan fingerprint density at radius 1 is 0.839 bits per heavy atom. The van der Waals surface area contributed by atoms with Crippen molar-refractivity contribution in [3.63, 3.8) is 0 Å². The van der Waals surface area contributed by atoms with Crippen LogP contribution in [0.3, 0.4) is 0 Å². The van der Waals surface area contributed by atoms with Crippen LogP contribution in [-0.2, 0) is 4.79 Å². The van der Waals surface area contributed by atoms with E-state index in [1.165, 1.54) is 83.5 Å². The van der Waals surface area contributed by atoms with Gasteiger partial charge in [-0.05, 0) is 68.0 Å². The van der Waals surface area contributed by atoms with Crippen LogP contribution in [0.1, 0.15) is 108 Å². The maximum Gasteiger partial charge on any atom is 0.267 e. The van der Waals surface area contributed by atoms with Crippen LogP contribution in [0.2, 0.25) is 0 Å². The number of amidine groups is 1. The molecule has 1 aromatic rings. The van der Waals surface area contributed by atoms with Crippen LogP contribution in [0.15, 0.2) is 28.4 Å². The fraction of sp³-hybridized carbons (Fsp3) is 0.692. The van der Waals surface area contributed by atoms with E-state index in [0.717, 1.165) is 28.5 Å². The predicted molar refractivity (Wildman–Crippen MR) is 130 cm³/mol. The van der Waals surface area contributed by atoms with Crippen molar-refractivity contribution in [2.24, 2.45) is 4.99 Å². The molecular weight excluding hydrogens is 402 g/mol. The molecule has 5 heteroatoms. The highest BCUT2D eigenvalue weighted by Gasteiger charge is 2.39. The first-order chi connectivity index (χ1) is 15.3. The molecule has 3 aliphatic carbocycles. The summed E-state index contributed by atoms with van der Waals surface area (Å²) >= 11 is 1.63. The zero-order valence-corrected chi connectivity index (χ0v) is 19.6. The molecule has 4 aliphatic rings. The fourth-order valence-electron chi connectivity index (χ4n) is 5.88. The van der Waals surface area contributed by atoms with Crippen molar-refractivity contribution in [3.8, 4) is 0 Å². The van der Waals surface area contributed by atoms with Gasteiger partial charge in [-0.3, -0.25) is 14.7 Å². The van der Waals surface area contributed by atoms with E-state index in [9.17, 15) is 4.79 Å². The summed E-state index contributed by atoms with van der Waals surface area (Å²) in [6.45, 7) is 0. The van der Waals surface area contributed by atoms with Gasteiger partial charge < -0.3 is 4.57 Å². The SMILES string of the molecule is O=C1/C(=C\c2ccn(C3CCCCC3)c2)SC(=NC2CCCCC2)N1C1CCCCC1. The van der Waals surface area contributed by atoms with Crippen molar-refractivity contribution >= 4 is 28.9 Å². The highest BCUT2D eigenvalue weighted by Crippen LogP contribution is 2.38. The van der Waals surface area contributed by atoms with Crippen LogP contribution in [0, 0.1) is 0 Å². The molecule has 1 amide bonds. The molecule has 0 atom stereocenters. The first kappa shape index (κ1) is 21.4. The summed E-state index contributed by atoms with van der Waals surface area (Å²) in [4.78, 5) is 21.6. The Hall–Kier alpha value is -1.49. The van der Waals surface area contributed by atoms with E-state index in [0.29, 0.717) is 18.1 Å². The summed E-state index contributed by atoms with van der Waals surface area (Å²) in [5.74, 6) is 0.192. The second kappa shape index (κ2) is 9.97. The lowest BCUT2D eigenvalue weighted by atomic mass is 9.94. The van der Waals surface area contributed by atoms with E-state index in [4.69, 9.17) is 4.99 Å². The Bertz CT molecular complexity index is 823. The number of aliphatic imine (C=N–C) groups is 1. The fourth-order valence-corrected chi connectivity index (χ4v) is 6.99. The van der Waals surface area contributed by atoms with E-state index in [-0.39, 0.29) is 5.91 Å². The largest absolute Gasteiger partial charge is 0.351 e. The molecule has 0 radical (unpaired) electrons. The van der Waals surface area contributed by atoms with Crippen molar-refractivity contribution in [2.45, 2.75) is 114 Å². The molecule has 0 aromatic carbocycles. The lowest BCUT2D eigenvalue weighted by Gasteiger charge is -2.31. The molecule has 168 valence electrons. The third kappa shape index (κ3) is 4.97. The van der Waals surface area contributed by atoms with Crippen LogP contribution in [0.5, 0.6) is 0 Å². The highest BCUT2D eigenvalue weighted by atomic mass is 32.2. The van der Waals surface area contributed by atoms with Gasteiger partial charge in [0.05, 0.1) is 10.9 Å². The maximum absolute atomic E-state index is 13.5. The molecule has 0 unspecified atom stereocenters. The molecule has 31 heavy (non-hydrogen) atoms. The summed E-state index contributed by atoms with van der Waals surface area (Å²) in [5, 5.41) is 0.988. The topological polar surface area (TPSA) is 37.6 Å². The second-order valence-corrected chi connectivity index (χ2v) is 11.0. The van der Waals surface area contributed by atoms with Crippen molar-refractivity contribution < 1.29 is 4.79 Å². The first-order valence-electron chi connectivity index (χ1n) is 12.8. The first-order valence-corrected chi connectivity index (χ1v) is 13.6. The summed E-state index contributed by atoms with van der Waals surface area (Å²) in [7, 11) is 0. The smallest absolute Gasteiger partial charge is 0.267 e. The number of amides is 1. The van der Waals surface area contributed by atoms with Gasteiger partial charge in [0.2, 0.25) is 0 Å². The van der Waals surface area contributed by atoms with Crippen LogP contribution in [-0.4, -0.2) is 32.6 Å². The Morgan fingerprint density at radius 2 is 1.45 bits per heavy atom. The van der Waals surface area contributed by atoms with Crippen LogP contribution >= 0.6 is 11.8 Å². The number of nitrogens with zero attached hydrogens (tertiary/aromatic N) is 3. The zero-order valence-electron chi connectivity index (χ0n) is 18.8. The number of hydrogen-bond donors (Lipinski definition) is 0. The number of rotatable bonds is 4. The molecule has 1 aromatic heterocycles. The average molecular weight is 440 g/mol. The molecule has 0 spiro atoms. The molecule has 4 fully saturated rings. The minimum atomic E-state index is 0.192. The standard InChI is InChI=1S/C26H37N3OS/c30-25-24(18-20-16-17-28(19-20)22-12-6-2-7-13-22)31-26(27-21-10-4-1-5-11-21)29(25)23-14-8-3-9-15-23/h16-19,21-23H,1-15H2/b24-18+,27-26?. The van der Waals surface area contributed by atoms with Gasteiger partial charge in [0, 0.05) is 24.5 Å². The average Bonchev–Trinajstić information content (AvgIpc) is 3.40. The second-order valence-electron chi connectivity index (χ2n) is 9.97. The molecule has 0 N–H and O–H groups in total. The van der Waals surface area contributed by atoms with E-state index in [2.05, 4.69) is 34.0 Å². The van der Waals surface area contributed by atoms with E-state index in [1.54, 1.807) is 11.8 Å². The summed E-state index contributed by atoms with van der Waals surface area (Å²) in [6.07, 6.45) is 25.5.